The monoisotopic (exact) mass is 447 g/mol. The quantitative estimate of drug-likeness (QED) is 0.568. The molecule has 1 aromatic heterocycles. The first-order chi connectivity index (χ1) is 14.5. The molecule has 0 saturated heterocycles. The van der Waals surface area contributed by atoms with Gasteiger partial charge >= 0.3 is 0 Å². The second-order valence-electron chi connectivity index (χ2n) is 7.88. The summed E-state index contributed by atoms with van der Waals surface area (Å²) in [5, 5.41) is 2.93. The summed E-state index contributed by atoms with van der Waals surface area (Å²) in [5.74, 6) is -1.27. The van der Waals surface area contributed by atoms with Crippen molar-refractivity contribution in [1.82, 2.24) is 9.69 Å². The number of carbonyl (C=O) groups is 3. The molecule has 0 fully saturated rings. The van der Waals surface area contributed by atoms with Crippen LogP contribution in [-0.2, 0) is 4.79 Å². The Morgan fingerprint density at radius 1 is 1.23 bits per heavy atom. The van der Waals surface area contributed by atoms with Crippen LogP contribution >= 0.6 is 11.5 Å². The average Bonchev–Trinajstić information content (AvgIpc) is 3.06. The van der Waals surface area contributed by atoms with E-state index in [2.05, 4.69) is 9.69 Å². The number of hydrogen-bond donors (Lipinski definition) is 3. The molecule has 0 aliphatic carbocycles. The molecule has 0 aliphatic heterocycles. The smallest absolute Gasteiger partial charge is 0.272 e. The van der Waals surface area contributed by atoms with Crippen molar-refractivity contribution in [2.24, 2.45) is 5.73 Å². The minimum atomic E-state index is -0.855. The van der Waals surface area contributed by atoms with Crippen molar-refractivity contribution in [3.05, 3.63) is 34.8 Å². The van der Waals surface area contributed by atoms with Gasteiger partial charge in [0, 0.05) is 5.54 Å². The van der Waals surface area contributed by atoms with Crippen LogP contribution in [-0.4, -0.2) is 40.3 Å². The van der Waals surface area contributed by atoms with E-state index in [0.29, 0.717) is 24.5 Å². The van der Waals surface area contributed by atoms with Crippen LogP contribution in [0, 0.1) is 0 Å². The summed E-state index contributed by atoms with van der Waals surface area (Å²) in [7, 11) is 0. The van der Waals surface area contributed by atoms with Crippen LogP contribution in [0.3, 0.4) is 0 Å². The van der Waals surface area contributed by atoms with E-state index in [1.807, 2.05) is 27.7 Å². The number of ether oxygens (including phenoxy) is 1. The molecule has 1 aromatic carbocycles. The number of anilines is 2. The molecule has 3 amide bonds. The van der Waals surface area contributed by atoms with Crippen LogP contribution in [0.1, 0.15) is 61.2 Å². The van der Waals surface area contributed by atoms with Crippen LogP contribution in [0.25, 0.3) is 0 Å². The Morgan fingerprint density at radius 2 is 1.87 bits per heavy atom. The molecule has 168 valence electrons. The summed E-state index contributed by atoms with van der Waals surface area (Å²) in [5.41, 5.74) is 10.9. The molecule has 0 aliphatic rings. The normalized spacial score (nSPS) is 12.2. The number of rotatable bonds is 8. The molecule has 0 spiro atoms. The molecule has 0 bridgehead atoms. The van der Waals surface area contributed by atoms with Crippen molar-refractivity contribution in [2.75, 3.05) is 17.2 Å². The number of nitrogens with one attached hydrogen (secondary N) is 1. The highest BCUT2D eigenvalue weighted by Crippen LogP contribution is 2.34. The second-order valence-corrected chi connectivity index (χ2v) is 8.65. The average molecular weight is 448 g/mol. The van der Waals surface area contributed by atoms with E-state index in [4.69, 9.17) is 16.2 Å². The molecule has 0 radical (unpaired) electrons. The van der Waals surface area contributed by atoms with E-state index in [1.54, 1.807) is 31.2 Å². The standard InChI is InChI=1S/C21H29N5O4S/c1-6-12(19(28)24-21(3,4)5)26(13-10-8-9-11-14(13)30-7-2)20(29)17-15(22)16(18(23)27)25-31-17/h8-12H,6-7,22H2,1-5H3,(H2,23,27)(H,24,28)/t12-/m1/s1. The number of nitrogen functional groups attached to an aromatic ring is 1. The maximum Gasteiger partial charge on any atom is 0.272 e. The fourth-order valence-corrected chi connectivity index (χ4v) is 3.77. The van der Waals surface area contributed by atoms with Gasteiger partial charge in [-0.1, -0.05) is 19.1 Å². The highest BCUT2D eigenvalue weighted by atomic mass is 32.1. The predicted molar refractivity (Wildman–Crippen MR) is 121 cm³/mol. The SMILES string of the molecule is CCOc1ccccc1N(C(=O)c1snc(C(N)=O)c1N)[C@H](CC)C(=O)NC(C)(C)C. The number of benzene rings is 1. The minimum Gasteiger partial charge on any atom is -0.492 e. The summed E-state index contributed by atoms with van der Waals surface area (Å²) in [6, 6.07) is 6.09. The Hall–Kier alpha value is -3.14. The third-order valence-electron chi connectivity index (χ3n) is 4.30. The second kappa shape index (κ2) is 9.78. The molecular weight excluding hydrogens is 418 g/mol. The van der Waals surface area contributed by atoms with E-state index < -0.39 is 23.4 Å². The van der Waals surface area contributed by atoms with Gasteiger partial charge in [-0.15, -0.1) is 0 Å². The Labute approximate surface area is 185 Å². The molecule has 2 aromatic rings. The zero-order chi connectivity index (χ0) is 23.3. The maximum atomic E-state index is 13.7. The van der Waals surface area contributed by atoms with Gasteiger partial charge in [-0.3, -0.25) is 19.3 Å². The number of para-hydroxylation sites is 2. The largest absolute Gasteiger partial charge is 0.492 e. The van der Waals surface area contributed by atoms with Crippen LogP contribution in [0.15, 0.2) is 24.3 Å². The first kappa shape index (κ1) is 24.1. The summed E-state index contributed by atoms with van der Waals surface area (Å²) < 4.78 is 9.63. The molecular formula is C21H29N5O4S. The number of nitrogens with two attached hydrogens (primary N) is 2. The van der Waals surface area contributed by atoms with Gasteiger partial charge < -0.3 is 21.5 Å². The maximum absolute atomic E-state index is 13.7. The summed E-state index contributed by atoms with van der Waals surface area (Å²) in [6.07, 6.45) is 0.329. The lowest BCUT2D eigenvalue weighted by atomic mass is 10.1. The van der Waals surface area contributed by atoms with Crippen molar-refractivity contribution in [2.45, 2.75) is 52.6 Å². The number of nitrogens with zero attached hydrogens (tertiary/aromatic N) is 2. The fraction of sp³-hybridized carbons (Fsp3) is 0.429. The number of aromatic nitrogens is 1. The van der Waals surface area contributed by atoms with E-state index >= 15 is 0 Å². The van der Waals surface area contributed by atoms with Crippen molar-refractivity contribution in [1.29, 1.82) is 0 Å². The van der Waals surface area contributed by atoms with Crippen molar-refractivity contribution >= 4 is 40.6 Å². The van der Waals surface area contributed by atoms with Gasteiger partial charge in [0.05, 0.1) is 18.0 Å². The zero-order valence-electron chi connectivity index (χ0n) is 18.4. The van der Waals surface area contributed by atoms with Crippen LogP contribution in [0.2, 0.25) is 0 Å². The van der Waals surface area contributed by atoms with Gasteiger partial charge in [0.1, 0.15) is 16.7 Å². The van der Waals surface area contributed by atoms with Crippen molar-refractivity contribution in [3.8, 4) is 5.75 Å². The fourth-order valence-electron chi connectivity index (χ4n) is 3.03. The van der Waals surface area contributed by atoms with Crippen LogP contribution < -0.4 is 26.4 Å². The summed E-state index contributed by atoms with van der Waals surface area (Å²) in [4.78, 5) is 39.7. The Morgan fingerprint density at radius 3 is 2.39 bits per heavy atom. The van der Waals surface area contributed by atoms with Gasteiger partial charge in [-0.2, -0.15) is 4.37 Å². The van der Waals surface area contributed by atoms with Crippen molar-refractivity contribution < 1.29 is 19.1 Å². The molecule has 10 heteroatoms. The van der Waals surface area contributed by atoms with Gasteiger partial charge in [0.2, 0.25) is 5.91 Å². The first-order valence-electron chi connectivity index (χ1n) is 9.94. The Bertz CT molecular complexity index is 967. The first-order valence-corrected chi connectivity index (χ1v) is 10.7. The lowest BCUT2D eigenvalue weighted by Crippen LogP contribution is -2.54. The van der Waals surface area contributed by atoms with E-state index in [1.165, 1.54) is 4.90 Å². The predicted octanol–water partition coefficient (Wildman–Crippen LogP) is 2.56. The van der Waals surface area contributed by atoms with Gasteiger partial charge in [0.15, 0.2) is 5.69 Å². The zero-order valence-corrected chi connectivity index (χ0v) is 19.2. The minimum absolute atomic E-state index is 0.0297. The lowest BCUT2D eigenvalue weighted by molar-refractivity contribution is -0.123. The Balaban J connectivity index is 2.64. The molecule has 0 unspecified atom stereocenters. The molecule has 1 atom stereocenters. The lowest BCUT2D eigenvalue weighted by Gasteiger charge is -2.33. The van der Waals surface area contributed by atoms with E-state index in [0.717, 1.165) is 11.5 Å². The number of carbonyl (C=O) groups excluding carboxylic acids is 3. The summed E-state index contributed by atoms with van der Waals surface area (Å²) in [6.45, 7) is 9.58. The number of hydrogen-bond acceptors (Lipinski definition) is 7. The van der Waals surface area contributed by atoms with Gasteiger partial charge in [-0.05, 0) is 57.8 Å². The molecule has 5 N–H and O–H groups in total. The topological polar surface area (TPSA) is 141 Å². The highest BCUT2D eigenvalue weighted by molar-refractivity contribution is 7.09. The molecule has 2 rings (SSSR count). The summed E-state index contributed by atoms with van der Waals surface area (Å²) >= 11 is 0.768. The molecule has 1 heterocycles. The van der Waals surface area contributed by atoms with E-state index in [-0.39, 0.29) is 22.2 Å². The highest BCUT2D eigenvalue weighted by Gasteiger charge is 2.36. The van der Waals surface area contributed by atoms with Crippen molar-refractivity contribution in [3.63, 3.8) is 0 Å². The van der Waals surface area contributed by atoms with Gasteiger partial charge in [-0.25, -0.2) is 0 Å². The third-order valence-corrected chi connectivity index (χ3v) is 5.15. The number of primary amides is 1. The molecule has 31 heavy (non-hydrogen) atoms. The number of amides is 3. The third kappa shape index (κ3) is 5.52. The molecule has 0 saturated carbocycles. The van der Waals surface area contributed by atoms with Crippen LogP contribution in [0.4, 0.5) is 11.4 Å². The van der Waals surface area contributed by atoms with Gasteiger partial charge in [0.25, 0.3) is 11.8 Å². The Kier molecular flexibility index (Phi) is 7.61. The molecule has 9 nitrogen and oxygen atoms in total. The van der Waals surface area contributed by atoms with Crippen LogP contribution in [0.5, 0.6) is 5.75 Å². The van der Waals surface area contributed by atoms with E-state index in [9.17, 15) is 14.4 Å².